The number of amides is 1. The van der Waals surface area contributed by atoms with Crippen LogP contribution in [0.4, 0.5) is 0 Å². The van der Waals surface area contributed by atoms with Crippen LogP contribution in [-0.2, 0) is 16.8 Å². The maximum absolute atomic E-state index is 12.7. The van der Waals surface area contributed by atoms with E-state index in [4.69, 9.17) is 9.15 Å². The third-order valence-electron chi connectivity index (χ3n) is 4.85. The van der Waals surface area contributed by atoms with Gasteiger partial charge in [-0.2, -0.15) is 0 Å². The number of hydrogen-bond donors (Lipinski definition) is 1. The van der Waals surface area contributed by atoms with Crippen LogP contribution in [0.2, 0.25) is 0 Å². The van der Waals surface area contributed by atoms with Crippen LogP contribution in [0.25, 0.3) is 11.3 Å². The van der Waals surface area contributed by atoms with Crippen LogP contribution in [0, 0.1) is 0 Å². The fourth-order valence-corrected chi connectivity index (χ4v) is 3.25. The Labute approximate surface area is 186 Å². The van der Waals surface area contributed by atoms with Gasteiger partial charge in [-0.1, -0.05) is 61.0 Å². The molecule has 0 aliphatic carbocycles. The zero-order valence-corrected chi connectivity index (χ0v) is 19.7. The third-order valence-corrected chi connectivity index (χ3v) is 5.38. The summed E-state index contributed by atoms with van der Waals surface area (Å²) >= 11 is 3.43. The molecule has 1 N–H and O–H groups in total. The predicted molar refractivity (Wildman–Crippen MR) is 124 cm³/mol. The van der Waals surface area contributed by atoms with Gasteiger partial charge in [-0.05, 0) is 61.2 Å². The van der Waals surface area contributed by atoms with E-state index in [-0.39, 0.29) is 11.3 Å². The molecule has 0 aliphatic heterocycles. The Hall–Kier alpha value is -2.53. The molecule has 0 saturated heterocycles. The second-order valence-electron chi connectivity index (χ2n) is 8.84. The van der Waals surface area contributed by atoms with E-state index in [0.29, 0.717) is 18.1 Å². The van der Waals surface area contributed by atoms with Crippen molar-refractivity contribution in [2.45, 2.75) is 52.2 Å². The Morgan fingerprint density at radius 1 is 0.933 bits per heavy atom. The lowest BCUT2D eigenvalue weighted by molar-refractivity contribution is -0.134. The van der Waals surface area contributed by atoms with Gasteiger partial charge in [0, 0.05) is 10.0 Å². The van der Waals surface area contributed by atoms with E-state index in [1.54, 1.807) is 13.8 Å². The van der Waals surface area contributed by atoms with E-state index >= 15 is 0 Å². The Bertz CT molecular complexity index is 996. The Morgan fingerprint density at radius 3 is 2.17 bits per heavy atom. The van der Waals surface area contributed by atoms with Crippen molar-refractivity contribution in [1.29, 1.82) is 0 Å². The zero-order chi connectivity index (χ0) is 21.9. The summed E-state index contributed by atoms with van der Waals surface area (Å²) < 4.78 is 12.8. The highest BCUT2D eigenvalue weighted by molar-refractivity contribution is 9.10. The van der Waals surface area contributed by atoms with Crippen LogP contribution in [0.1, 0.15) is 45.9 Å². The van der Waals surface area contributed by atoms with E-state index in [2.05, 4.69) is 42.0 Å². The maximum Gasteiger partial charge on any atom is 0.263 e. The smallest absolute Gasteiger partial charge is 0.263 e. The molecule has 30 heavy (non-hydrogen) atoms. The van der Waals surface area contributed by atoms with Crippen LogP contribution in [0.5, 0.6) is 5.75 Å². The van der Waals surface area contributed by atoms with Crippen molar-refractivity contribution in [3.63, 3.8) is 0 Å². The normalized spacial score (nSPS) is 11.9. The summed E-state index contributed by atoms with van der Waals surface area (Å²) in [6.45, 7) is 10.3. The van der Waals surface area contributed by atoms with Crippen molar-refractivity contribution in [1.82, 2.24) is 5.32 Å². The molecule has 0 aliphatic rings. The first-order chi connectivity index (χ1) is 14.0. The summed E-state index contributed by atoms with van der Waals surface area (Å²) in [5, 5.41) is 2.90. The molecule has 0 spiro atoms. The van der Waals surface area contributed by atoms with Crippen LogP contribution in [0.15, 0.2) is 69.6 Å². The number of halogens is 1. The van der Waals surface area contributed by atoms with E-state index < -0.39 is 5.60 Å². The van der Waals surface area contributed by atoms with E-state index in [9.17, 15) is 4.79 Å². The minimum absolute atomic E-state index is 0.0730. The highest BCUT2D eigenvalue weighted by Gasteiger charge is 2.30. The first-order valence-corrected chi connectivity index (χ1v) is 10.8. The molecular weight excluding hydrogens is 442 g/mol. The van der Waals surface area contributed by atoms with E-state index in [1.807, 2.05) is 60.7 Å². The van der Waals surface area contributed by atoms with Crippen LogP contribution >= 0.6 is 15.9 Å². The number of benzene rings is 2. The molecule has 2 aromatic carbocycles. The third kappa shape index (κ3) is 5.54. The van der Waals surface area contributed by atoms with Crippen molar-refractivity contribution in [2.24, 2.45) is 0 Å². The van der Waals surface area contributed by atoms with Crippen LogP contribution in [0.3, 0.4) is 0 Å². The van der Waals surface area contributed by atoms with Gasteiger partial charge < -0.3 is 14.5 Å². The second kappa shape index (κ2) is 8.68. The quantitative estimate of drug-likeness (QED) is 0.449. The number of hydrogen-bond acceptors (Lipinski definition) is 3. The number of rotatable bonds is 6. The molecule has 0 atom stereocenters. The van der Waals surface area contributed by atoms with Gasteiger partial charge in [0.15, 0.2) is 5.60 Å². The molecule has 0 radical (unpaired) electrons. The molecule has 4 nitrogen and oxygen atoms in total. The minimum Gasteiger partial charge on any atom is -0.478 e. The molecule has 0 unspecified atom stereocenters. The fourth-order valence-electron chi connectivity index (χ4n) is 2.99. The maximum atomic E-state index is 12.7. The molecule has 0 bridgehead atoms. The lowest BCUT2D eigenvalue weighted by atomic mass is 9.87. The number of carbonyl (C=O) groups is 1. The predicted octanol–water partition coefficient (Wildman–Crippen LogP) is 6.48. The summed E-state index contributed by atoms with van der Waals surface area (Å²) in [6.07, 6.45) is 0. The molecule has 3 rings (SSSR count). The molecule has 1 amide bonds. The number of ether oxygens (including phenoxy) is 1. The van der Waals surface area contributed by atoms with Gasteiger partial charge in [0.05, 0.1) is 6.54 Å². The van der Waals surface area contributed by atoms with Gasteiger partial charge in [0.2, 0.25) is 0 Å². The second-order valence-corrected chi connectivity index (χ2v) is 9.76. The monoisotopic (exact) mass is 469 g/mol. The molecular formula is C25H28BrNO3. The Kier molecular flexibility index (Phi) is 6.41. The highest BCUT2D eigenvalue weighted by Crippen LogP contribution is 2.27. The van der Waals surface area contributed by atoms with Gasteiger partial charge in [0.1, 0.15) is 17.3 Å². The van der Waals surface area contributed by atoms with Crippen molar-refractivity contribution in [2.75, 3.05) is 0 Å². The van der Waals surface area contributed by atoms with Crippen LogP contribution < -0.4 is 10.1 Å². The SMILES string of the molecule is CC(C)(Oc1ccc(C(C)(C)C)cc1)C(=O)NCc1ccc(-c2ccc(Br)cc2)o1. The van der Waals surface area contributed by atoms with Crippen molar-refractivity contribution in [3.05, 3.63) is 76.5 Å². The van der Waals surface area contributed by atoms with Gasteiger partial charge in [-0.3, -0.25) is 4.79 Å². The van der Waals surface area contributed by atoms with Gasteiger partial charge >= 0.3 is 0 Å². The summed E-state index contributed by atoms with van der Waals surface area (Å²) in [6, 6.07) is 19.6. The fraction of sp³-hybridized carbons (Fsp3) is 0.320. The molecule has 158 valence electrons. The molecule has 0 fully saturated rings. The molecule has 1 heterocycles. The van der Waals surface area contributed by atoms with Crippen molar-refractivity contribution < 1.29 is 13.9 Å². The summed E-state index contributed by atoms with van der Waals surface area (Å²) in [4.78, 5) is 12.7. The van der Waals surface area contributed by atoms with E-state index in [1.165, 1.54) is 5.56 Å². The average Bonchev–Trinajstić information content (AvgIpc) is 3.15. The number of furan rings is 1. The lowest BCUT2D eigenvalue weighted by Crippen LogP contribution is -2.46. The van der Waals surface area contributed by atoms with Crippen LogP contribution in [-0.4, -0.2) is 11.5 Å². The largest absolute Gasteiger partial charge is 0.478 e. The average molecular weight is 470 g/mol. The standard InChI is InChI=1S/C25H28BrNO3/c1-24(2,3)18-8-12-20(13-9-18)30-25(4,5)23(28)27-16-21-14-15-22(29-21)17-6-10-19(26)11-7-17/h6-15H,16H2,1-5H3,(H,27,28). The topological polar surface area (TPSA) is 51.5 Å². The zero-order valence-electron chi connectivity index (χ0n) is 18.1. The number of nitrogens with one attached hydrogen (secondary N) is 1. The Morgan fingerprint density at radius 2 is 1.57 bits per heavy atom. The lowest BCUT2D eigenvalue weighted by Gasteiger charge is -2.26. The van der Waals surface area contributed by atoms with Gasteiger partial charge in [-0.15, -0.1) is 0 Å². The first-order valence-electron chi connectivity index (χ1n) is 9.97. The number of carbonyl (C=O) groups excluding carboxylic acids is 1. The van der Waals surface area contributed by atoms with Gasteiger partial charge in [0.25, 0.3) is 5.91 Å². The molecule has 1 aromatic heterocycles. The summed E-state index contributed by atoms with van der Waals surface area (Å²) in [7, 11) is 0. The van der Waals surface area contributed by atoms with Gasteiger partial charge in [-0.25, -0.2) is 0 Å². The first kappa shape index (κ1) is 22.2. The Balaban J connectivity index is 1.59. The molecule has 0 saturated carbocycles. The summed E-state index contributed by atoms with van der Waals surface area (Å²) in [5.41, 5.74) is 1.27. The molecule has 5 heteroatoms. The minimum atomic E-state index is -1.01. The summed E-state index contributed by atoms with van der Waals surface area (Å²) in [5.74, 6) is 1.91. The van der Waals surface area contributed by atoms with Crippen molar-refractivity contribution in [3.8, 4) is 17.1 Å². The van der Waals surface area contributed by atoms with Crippen molar-refractivity contribution >= 4 is 21.8 Å². The highest BCUT2D eigenvalue weighted by atomic mass is 79.9. The molecule has 3 aromatic rings. The van der Waals surface area contributed by atoms with E-state index in [0.717, 1.165) is 15.8 Å².